The second-order valence-electron chi connectivity index (χ2n) is 6.99. The summed E-state index contributed by atoms with van der Waals surface area (Å²) >= 11 is 0. The Labute approximate surface area is 127 Å². The van der Waals surface area contributed by atoms with Gasteiger partial charge in [0.05, 0.1) is 10.2 Å². The minimum absolute atomic E-state index is 0.0161. The van der Waals surface area contributed by atoms with Gasteiger partial charge in [-0.05, 0) is 84.9 Å². The lowest BCUT2D eigenvalue weighted by atomic mass is 9.55. The van der Waals surface area contributed by atoms with E-state index in [4.69, 9.17) is 6.91 Å². The Morgan fingerprint density at radius 2 is 2.25 bits per heavy atom. The first kappa shape index (κ1) is 8.43. The van der Waals surface area contributed by atoms with Gasteiger partial charge >= 0.3 is 0 Å². The summed E-state index contributed by atoms with van der Waals surface area (Å²) in [6.07, 6.45) is 3.12. The molecule has 3 aliphatic carbocycles. The first-order chi connectivity index (χ1) is 11.8. The number of phenols is 1. The van der Waals surface area contributed by atoms with E-state index < -0.39 is 6.40 Å². The molecule has 0 heterocycles. The smallest absolute Gasteiger partial charge is 0.293 e. The van der Waals surface area contributed by atoms with Crippen LogP contribution in [0.1, 0.15) is 61.6 Å². The lowest BCUT2D eigenvalue weighted by Gasteiger charge is -2.50. The van der Waals surface area contributed by atoms with Crippen LogP contribution in [-0.4, -0.2) is 17.8 Å². The Kier molecular flexibility index (Phi) is 1.79. The molecule has 0 saturated heterocycles. The Morgan fingerprint density at radius 1 is 1.35 bits per heavy atom. The maximum absolute atomic E-state index is 10.5. The van der Waals surface area contributed by atoms with Crippen LogP contribution in [0.25, 0.3) is 0 Å². The fourth-order valence-electron chi connectivity index (χ4n) is 5.07. The fourth-order valence-corrected chi connectivity index (χ4v) is 5.07. The Morgan fingerprint density at radius 3 is 3.10 bits per heavy atom. The van der Waals surface area contributed by atoms with Gasteiger partial charge in [-0.1, -0.05) is 13.0 Å². The van der Waals surface area contributed by atoms with Gasteiger partial charge in [0.15, 0.2) is 0 Å². The lowest BCUT2D eigenvalue weighted by molar-refractivity contribution is -0.0226. The number of hydrogen-bond donors (Lipinski definition) is 2. The van der Waals surface area contributed by atoms with Crippen molar-refractivity contribution < 1.29 is 15.7 Å². The average molecular weight is 277 g/mol. The Bertz CT molecular complexity index is 724. The highest BCUT2D eigenvalue weighted by atomic mass is 16.3. The summed E-state index contributed by atoms with van der Waals surface area (Å²) < 4.78 is 40.6. The van der Waals surface area contributed by atoms with E-state index in [2.05, 4.69) is 12.0 Å². The summed E-state index contributed by atoms with van der Waals surface area (Å²) in [6, 6.07) is -0.266. The number of hydrogen-bond acceptors (Lipinski definition) is 2. The van der Waals surface area contributed by atoms with E-state index in [-0.39, 0.29) is 47.2 Å². The van der Waals surface area contributed by atoms with Gasteiger partial charge in [0, 0.05) is 1.37 Å². The number of aliphatic hydroxyl groups excluding tert-OH is 1. The van der Waals surface area contributed by atoms with Crippen LogP contribution in [-0.2, 0) is 6.40 Å². The molecular formula is C18H24O2. The van der Waals surface area contributed by atoms with Gasteiger partial charge in [0.2, 0.25) is 0 Å². The molecule has 0 bridgehead atoms. The summed E-state index contributed by atoms with van der Waals surface area (Å²) in [6.45, 7) is 2.16. The summed E-state index contributed by atoms with van der Waals surface area (Å²) in [5.41, 5.74) is 1.03. The highest BCUT2D eigenvalue weighted by Gasteiger charge is 2.54. The second kappa shape index (κ2) is 4.24. The van der Waals surface area contributed by atoms with Gasteiger partial charge in [-0.3, -0.25) is 0 Å². The zero-order valence-electron chi connectivity index (χ0n) is 16.8. The largest absolute Gasteiger partial charge is 0.508 e. The molecule has 2 heteroatoms. The Balaban J connectivity index is 1.86. The maximum Gasteiger partial charge on any atom is 0.293 e. The molecule has 3 aliphatic rings. The first-order valence-electron chi connectivity index (χ1n) is 10.2. The van der Waals surface area contributed by atoms with Crippen molar-refractivity contribution >= 4 is 0 Å². The maximum atomic E-state index is 10.5. The van der Waals surface area contributed by atoms with Crippen LogP contribution in [0.2, 0.25) is 0 Å². The van der Waals surface area contributed by atoms with Gasteiger partial charge in [-0.15, -0.1) is 0 Å². The molecule has 20 heavy (non-hydrogen) atoms. The molecule has 2 nitrogen and oxygen atoms in total. The summed E-state index contributed by atoms with van der Waals surface area (Å²) in [4.78, 5) is 0. The van der Waals surface area contributed by atoms with Crippen molar-refractivity contribution in [3.63, 3.8) is 0 Å². The fraction of sp³-hybridized carbons (Fsp3) is 0.667. The molecule has 0 aromatic heterocycles. The van der Waals surface area contributed by atoms with Crippen LogP contribution in [0.4, 0.5) is 0 Å². The van der Waals surface area contributed by atoms with Crippen molar-refractivity contribution in [3.8, 4) is 5.75 Å². The van der Waals surface area contributed by atoms with Gasteiger partial charge in [-0.2, -0.15) is 0 Å². The summed E-state index contributed by atoms with van der Waals surface area (Å²) in [5, 5.41) is 14.9. The number of rotatable bonds is 1. The third-order valence-electron chi connectivity index (χ3n) is 6.20. The predicted molar refractivity (Wildman–Crippen MR) is 78.7 cm³/mol. The first-order valence-corrected chi connectivity index (χ1v) is 7.68. The highest BCUT2D eigenvalue weighted by Crippen LogP contribution is 2.60. The van der Waals surface area contributed by atoms with E-state index >= 15 is 0 Å². The van der Waals surface area contributed by atoms with Crippen LogP contribution >= 0.6 is 0 Å². The van der Waals surface area contributed by atoms with Crippen molar-refractivity contribution in [1.29, 1.82) is 1.43 Å². The molecule has 6 atom stereocenters. The van der Waals surface area contributed by atoms with Crippen molar-refractivity contribution in [2.75, 3.05) is 0 Å². The molecule has 1 aromatic carbocycles. The van der Waals surface area contributed by atoms with Crippen LogP contribution in [0.3, 0.4) is 0 Å². The monoisotopic (exact) mass is 277 g/mol. The molecule has 0 aliphatic heterocycles. The molecule has 1 unspecified atom stereocenters. The molecule has 4 rings (SSSR count). The number of benzene rings is 1. The topological polar surface area (TPSA) is 40.5 Å². The van der Waals surface area contributed by atoms with Crippen molar-refractivity contribution in [3.05, 3.63) is 29.3 Å². The van der Waals surface area contributed by atoms with Crippen LogP contribution in [0, 0.1) is 17.3 Å². The predicted octanol–water partition coefficient (Wildman–Crippen LogP) is 3.61. The number of phenolic OH excluding ortho intramolecular Hbond substituents is 1. The third-order valence-corrected chi connectivity index (χ3v) is 6.20. The third kappa shape index (κ3) is 1.60. The summed E-state index contributed by atoms with van der Waals surface area (Å²) in [7, 11) is 0. The summed E-state index contributed by atoms with van der Waals surface area (Å²) in [5.74, 6) is 0.408. The normalized spacial score (nSPS) is 49.7. The van der Waals surface area contributed by atoms with Crippen molar-refractivity contribution in [2.24, 2.45) is 17.3 Å². The minimum Gasteiger partial charge on any atom is -0.508 e. The molecule has 0 amide bonds. The average Bonchev–Trinajstić information content (AvgIpc) is 2.88. The standard InChI is InChI=1S/C18H24O2/c1-18-9-8-14-13-5-3-12(19)10-11(13)2-4-15(14)16(18)6-7-17(18)20/h3,5,10,14-17,19-20H,2,4,6-9H2,1H3/t14-,15-,16+,17+,18+/m1/s1/i2D,3D,5D,10D/hD/t2?,14-,15-,16+,17+,18+. The SMILES string of the molecule is [2H]Oc1c([2H])c([2H])c2c(c1[2H])C([2H])C[C@@H]1[C@@H]2CC[C@]2(C)[C@@H](O)CC[C@@H]12. The van der Waals surface area contributed by atoms with Gasteiger partial charge in [0.25, 0.3) is 1.43 Å². The van der Waals surface area contributed by atoms with Gasteiger partial charge < -0.3 is 10.2 Å². The second-order valence-corrected chi connectivity index (χ2v) is 6.99. The van der Waals surface area contributed by atoms with E-state index in [1.807, 2.05) is 0 Å². The van der Waals surface area contributed by atoms with E-state index in [1.165, 1.54) is 0 Å². The molecule has 2 saturated carbocycles. The molecule has 2 N–H and O–H groups in total. The molecule has 108 valence electrons. The van der Waals surface area contributed by atoms with Crippen LogP contribution in [0.15, 0.2) is 18.1 Å². The van der Waals surface area contributed by atoms with E-state index in [9.17, 15) is 5.11 Å². The van der Waals surface area contributed by atoms with Crippen LogP contribution in [0.5, 0.6) is 5.75 Å². The van der Waals surface area contributed by atoms with Crippen molar-refractivity contribution in [2.45, 2.75) is 57.4 Å². The Hall–Kier alpha value is -1.02. The quantitative estimate of drug-likeness (QED) is 0.823. The van der Waals surface area contributed by atoms with E-state index in [1.54, 1.807) is 0 Å². The number of aliphatic hydroxyl groups is 1. The molecule has 1 aromatic rings. The zero-order valence-corrected chi connectivity index (χ0v) is 11.8. The van der Waals surface area contributed by atoms with Crippen LogP contribution < -0.4 is 0 Å². The van der Waals surface area contributed by atoms with Gasteiger partial charge in [0.1, 0.15) is 5.75 Å². The molecule has 2 fully saturated rings. The van der Waals surface area contributed by atoms with Gasteiger partial charge in [-0.25, -0.2) is 0 Å². The molecular weight excluding hydrogens is 248 g/mol. The molecule has 0 radical (unpaired) electrons. The highest BCUT2D eigenvalue weighted by molar-refractivity contribution is 5.40. The van der Waals surface area contributed by atoms with E-state index in [0.717, 1.165) is 25.7 Å². The van der Waals surface area contributed by atoms with Crippen molar-refractivity contribution in [1.82, 2.24) is 0 Å². The molecule has 0 spiro atoms. The lowest BCUT2D eigenvalue weighted by Crippen LogP contribution is -2.43. The minimum atomic E-state index is -0.637. The zero-order chi connectivity index (χ0) is 18.1. The number of aromatic hydroxyl groups is 1. The number of fused-ring (bicyclic) bond motifs is 5. The van der Waals surface area contributed by atoms with E-state index in [0.29, 0.717) is 23.5 Å².